The van der Waals surface area contributed by atoms with Crippen LogP contribution in [0.4, 0.5) is 0 Å². The van der Waals surface area contributed by atoms with E-state index in [0.29, 0.717) is 35.1 Å². The molecule has 0 bridgehead atoms. The molecule has 7 nitrogen and oxygen atoms in total. The maximum atomic E-state index is 12.7. The predicted octanol–water partition coefficient (Wildman–Crippen LogP) is 2.48. The second-order valence-electron chi connectivity index (χ2n) is 7.18. The molecule has 27 heavy (non-hydrogen) atoms. The van der Waals surface area contributed by atoms with E-state index in [1.54, 1.807) is 11.3 Å². The van der Waals surface area contributed by atoms with Crippen molar-refractivity contribution in [2.75, 3.05) is 18.8 Å². The molecule has 2 atom stereocenters. The van der Waals surface area contributed by atoms with Gasteiger partial charge in [-0.1, -0.05) is 31.7 Å². The number of primary amides is 1. The first-order chi connectivity index (χ1) is 12.9. The quantitative estimate of drug-likeness (QED) is 0.712. The van der Waals surface area contributed by atoms with Crippen LogP contribution in [0.5, 0.6) is 0 Å². The van der Waals surface area contributed by atoms with Crippen LogP contribution in [0.15, 0.2) is 22.7 Å². The van der Waals surface area contributed by atoms with Gasteiger partial charge in [-0.15, -0.1) is 21.5 Å². The van der Waals surface area contributed by atoms with Gasteiger partial charge in [0.2, 0.25) is 11.8 Å². The summed E-state index contributed by atoms with van der Waals surface area (Å²) in [5.41, 5.74) is 5.32. The first-order valence-corrected chi connectivity index (χ1v) is 11.0. The van der Waals surface area contributed by atoms with Crippen molar-refractivity contribution >= 4 is 34.9 Å². The van der Waals surface area contributed by atoms with Crippen molar-refractivity contribution in [2.24, 2.45) is 17.6 Å². The van der Waals surface area contributed by atoms with Crippen molar-refractivity contribution in [3.05, 3.63) is 17.5 Å². The number of likely N-dealkylation sites (tertiary alicyclic amines) is 1. The van der Waals surface area contributed by atoms with Crippen LogP contribution in [-0.2, 0) is 16.1 Å². The van der Waals surface area contributed by atoms with Crippen molar-refractivity contribution in [3.8, 4) is 10.7 Å². The second kappa shape index (κ2) is 8.88. The molecule has 2 unspecified atom stereocenters. The number of nitrogens with two attached hydrogens (primary N) is 1. The molecule has 3 rings (SSSR count). The molecule has 2 amide bonds. The lowest BCUT2D eigenvalue weighted by atomic mass is 9.92. The highest BCUT2D eigenvalue weighted by molar-refractivity contribution is 7.99. The molecular formula is C18H25N5O2S2. The zero-order valence-electron chi connectivity index (χ0n) is 15.6. The molecule has 0 radical (unpaired) electrons. The summed E-state index contributed by atoms with van der Waals surface area (Å²) in [5, 5.41) is 11.1. The zero-order valence-corrected chi connectivity index (χ0v) is 17.3. The number of carbonyl (C=O) groups is 2. The third kappa shape index (κ3) is 5.10. The van der Waals surface area contributed by atoms with Gasteiger partial charge in [0, 0.05) is 26.1 Å². The highest BCUT2D eigenvalue weighted by atomic mass is 32.2. The molecule has 9 heteroatoms. The standard InChI is InChI=1S/C18H25N5O2S2/c1-12-8-13(2)10-22(9-12)16(25)11-27-18-21-20-17(14-4-3-7-26-14)23(18)6-5-15(19)24/h3-4,7,12-13H,5-6,8-11H2,1-2H3,(H2,19,24). The molecule has 1 aliphatic rings. The fraction of sp³-hybridized carbons (Fsp3) is 0.556. The summed E-state index contributed by atoms with van der Waals surface area (Å²) in [6, 6.07) is 3.91. The monoisotopic (exact) mass is 407 g/mol. The molecular weight excluding hydrogens is 382 g/mol. The predicted molar refractivity (Wildman–Crippen MR) is 107 cm³/mol. The lowest BCUT2D eigenvalue weighted by Gasteiger charge is -2.34. The first-order valence-electron chi connectivity index (χ1n) is 9.10. The van der Waals surface area contributed by atoms with E-state index in [1.165, 1.54) is 18.2 Å². The summed E-state index contributed by atoms with van der Waals surface area (Å²) in [5.74, 6) is 1.85. The summed E-state index contributed by atoms with van der Waals surface area (Å²) >= 11 is 2.93. The smallest absolute Gasteiger partial charge is 0.233 e. The first kappa shape index (κ1) is 19.9. The average molecular weight is 408 g/mol. The van der Waals surface area contributed by atoms with E-state index in [0.717, 1.165) is 18.0 Å². The number of aromatic nitrogens is 3. The van der Waals surface area contributed by atoms with Crippen LogP contribution >= 0.6 is 23.1 Å². The topological polar surface area (TPSA) is 94.1 Å². The third-order valence-corrected chi connectivity index (χ3v) is 6.40. The average Bonchev–Trinajstić information content (AvgIpc) is 3.26. The largest absolute Gasteiger partial charge is 0.370 e. The molecule has 0 aromatic carbocycles. The number of nitrogens with zero attached hydrogens (tertiary/aromatic N) is 4. The molecule has 0 saturated carbocycles. The summed E-state index contributed by atoms with van der Waals surface area (Å²) in [6.07, 6.45) is 1.38. The van der Waals surface area contributed by atoms with Gasteiger partial charge in [0.15, 0.2) is 11.0 Å². The molecule has 3 heterocycles. The number of thiophene rings is 1. The van der Waals surface area contributed by atoms with Gasteiger partial charge in [0.05, 0.1) is 10.6 Å². The number of hydrogen-bond acceptors (Lipinski definition) is 6. The van der Waals surface area contributed by atoms with E-state index in [4.69, 9.17) is 5.73 Å². The second-order valence-corrected chi connectivity index (χ2v) is 9.08. The molecule has 2 N–H and O–H groups in total. The van der Waals surface area contributed by atoms with Gasteiger partial charge in [0.25, 0.3) is 0 Å². The van der Waals surface area contributed by atoms with E-state index < -0.39 is 0 Å². The van der Waals surface area contributed by atoms with Crippen LogP contribution in [0, 0.1) is 11.8 Å². The minimum absolute atomic E-state index is 0.125. The van der Waals surface area contributed by atoms with Crippen LogP contribution in [0.2, 0.25) is 0 Å². The lowest BCUT2D eigenvalue weighted by molar-refractivity contribution is -0.131. The molecule has 0 spiro atoms. The van der Waals surface area contributed by atoms with E-state index >= 15 is 0 Å². The van der Waals surface area contributed by atoms with Crippen LogP contribution < -0.4 is 5.73 Å². The summed E-state index contributed by atoms with van der Waals surface area (Å²) in [4.78, 5) is 26.8. The Morgan fingerprint density at radius 3 is 2.67 bits per heavy atom. The van der Waals surface area contributed by atoms with Crippen molar-refractivity contribution < 1.29 is 9.59 Å². The Labute approximate surface area is 167 Å². The van der Waals surface area contributed by atoms with Crippen molar-refractivity contribution in [1.29, 1.82) is 0 Å². The normalized spacial score (nSPS) is 20.0. The van der Waals surface area contributed by atoms with Gasteiger partial charge in [-0.3, -0.25) is 9.59 Å². The number of amides is 2. The van der Waals surface area contributed by atoms with Crippen molar-refractivity contribution in [1.82, 2.24) is 19.7 Å². The van der Waals surface area contributed by atoms with E-state index in [-0.39, 0.29) is 18.2 Å². The molecule has 1 aliphatic heterocycles. The summed E-state index contributed by atoms with van der Waals surface area (Å²) in [7, 11) is 0. The third-order valence-electron chi connectivity index (χ3n) is 4.59. The van der Waals surface area contributed by atoms with E-state index in [2.05, 4.69) is 24.0 Å². The Morgan fingerprint density at radius 1 is 1.30 bits per heavy atom. The maximum Gasteiger partial charge on any atom is 0.233 e. The molecule has 1 fully saturated rings. The summed E-state index contributed by atoms with van der Waals surface area (Å²) in [6.45, 7) is 6.43. The maximum absolute atomic E-state index is 12.7. The van der Waals surface area contributed by atoms with Gasteiger partial charge >= 0.3 is 0 Å². The Bertz CT molecular complexity index is 780. The highest BCUT2D eigenvalue weighted by Crippen LogP contribution is 2.28. The Balaban J connectivity index is 1.70. The van der Waals surface area contributed by atoms with Crippen molar-refractivity contribution in [3.63, 3.8) is 0 Å². The Morgan fingerprint density at radius 2 is 2.04 bits per heavy atom. The minimum Gasteiger partial charge on any atom is -0.370 e. The summed E-state index contributed by atoms with van der Waals surface area (Å²) < 4.78 is 1.88. The fourth-order valence-corrected chi connectivity index (χ4v) is 5.08. The number of carbonyl (C=O) groups excluding carboxylic acids is 2. The van der Waals surface area contributed by atoms with Gasteiger partial charge in [-0.05, 0) is 29.7 Å². The van der Waals surface area contributed by atoms with E-state index in [1.807, 2.05) is 27.0 Å². The van der Waals surface area contributed by atoms with E-state index in [9.17, 15) is 9.59 Å². The molecule has 0 aliphatic carbocycles. The fourth-order valence-electron chi connectivity index (χ4n) is 3.49. The Kier molecular flexibility index (Phi) is 6.54. The number of hydrogen-bond donors (Lipinski definition) is 1. The molecule has 2 aromatic heterocycles. The zero-order chi connectivity index (χ0) is 19.4. The molecule has 1 saturated heterocycles. The number of rotatable bonds is 7. The Hall–Kier alpha value is -1.87. The van der Waals surface area contributed by atoms with Gasteiger partial charge in [-0.25, -0.2) is 0 Å². The number of thioether (sulfide) groups is 1. The van der Waals surface area contributed by atoms with Gasteiger partial charge in [-0.2, -0.15) is 0 Å². The lowest BCUT2D eigenvalue weighted by Crippen LogP contribution is -2.43. The minimum atomic E-state index is -0.371. The molecule has 146 valence electrons. The highest BCUT2D eigenvalue weighted by Gasteiger charge is 2.26. The number of piperidine rings is 1. The van der Waals surface area contributed by atoms with Crippen LogP contribution in [0.25, 0.3) is 10.7 Å². The van der Waals surface area contributed by atoms with Gasteiger partial charge < -0.3 is 15.2 Å². The van der Waals surface area contributed by atoms with Crippen LogP contribution in [0.1, 0.15) is 26.7 Å². The van der Waals surface area contributed by atoms with Crippen LogP contribution in [-0.4, -0.2) is 50.3 Å². The van der Waals surface area contributed by atoms with Crippen molar-refractivity contribution in [2.45, 2.75) is 38.4 Å². The molecule has 2 aromatic rings. The van der Waals surface area contributed by atoms with Gasteiger partial charge in [0.1, 0.15) is 0 Å². The SMILES string of the molecule is CC1CC(C)CN(C(=O)CSc2nnc(-c3cccs3)n2CCC(N)=O)C1. The van der Waals surface area contributed by atoms with Crippen LogP contribution in [0.3, 0.4) is 0 Å².